The second kappa shape index (κ2) is 8.15. The van der Waals surface area contributed by atoms with Crippen LogP contribution >= 0.6 is 0 Å². The van der Waals surface area contributed by atoms with E-state index in [0.717, 1.165) is 40.7 Å². The molecule has 35 heavy (non-hydrogen) atoms. The number of nitrogens with one attached hydrogen (secondary N) is 1. The summed E-state index contributed by atoms with van der Waals surface area (Å²) in [5.74, 6) is 2.29. The van der Waals surface area contributed by atoms with Crippen LogP contribution in [0.2, 0.25) is 0 Å². The van der Waals surface area contributed by atoms with Crippen LogP contribution in [0.25, 0.3) is 27.8 Å². The summed E-state index contributed by atoms with van der Waals surface area (Å²) < 4.78 is 1.71. The third-order valence-electron chi connectivity index (χ3n) is 6.76. The first-order chi connectivity index (χ1) is 17.0. The summed E-state index contributed by atoms with van der Waals surface area (Å²) in [6.45, 7) is 2.87. The second-order valence-electron chi connectivity index (χ2n) is 9.26. The number of pyridine rings is 3. The average molecular weight is 468 g/mol. The summed E-state index contributed by atoms with van der Waals surface area (Å²) in [5.41, 5.74) is 8.86. The molecule has 1 unspecified atom stereocenters. The standard InChI is InChI=1S/C25H25N9O/c1-14-6-23(34-5-3-4-29-34)28-11-19(14)21-7-15-8-22(27-12-20(15)24(26)31-21)32-25(35)18-9-17(18)16-10-30-33(2)13-16/h3-8,10-12,16-18H,9,13H2,1-2H3,(H2,26,31)(H,27,32,35)/t16?,17-,18+/m1/s1. The highest BCUT2D eigenvalue weighted by atomic mass is 16.2. The van der Waals surface area contributed by atoms with Crippen LogP contribution in [0.1, 0.15) is 12.0 Å². The van der Waals surface area contributed by atoms with Gasteiger partial charge in [-0.05, 0) is 54.5 Å². The Balaban J connectivity index is 1.24. The maximum absolute atomic E-state index is 12.8. The fraction of sp³-hybridized carbons (Fsp3) is 0.280. The summed E-state index contributed by atoms with van der Waals surface area (Å²) in [4.78, 5) is 26.4. The molecule has 5 heterocycles. The van der Waals surface area contributed by atoms with Crippen LogP contribution in [0.15, 0.2) is 54.2 Å². The van der Waals surface area contributed by atoms with Gasteiger partial charge in [0.2, 0.25) is 5.91 Å². The Bertz CT molecular complexity index is 1460. The highest BCUT2D eigenvalue weighted by Gasteiger charge is 2.48. The van der Waals surface area contributed by atoms with E-state index < -0.39 is 0 Å². The second-order valence-corrected chi connectivity index (χ2v) is 9.26. The van der Waals surface area contributed by atoms with Gasteiger partial charge in [-0.15, -0.1) is 0 Å². The van der Waals surface area contributed by atoms with Crippen LogP contribution in [0.5, 0.6) is 0 Å². The number of fused-ring (bicyclic) bond motifs is 1. The number of hydrogen-bond donors (Lipinski definition) is 2. The molecule has 176 valence electrons. The normalized spacial score (nSPS) is 21.0. The number of nitrogen functional groups attached to an aromatic ring is 1. The number of aromatic nitrogens is 5. The van der Waals surface area contributed by atoms with Crippen molar-refractivity contribution < 1.29 is 4.79 Å². The van der Waals surface area contributed by atoms with E-state index >= 15 is 0 Å². The quantitative estimate of drug-likeness (QED) is 0.462. The number of carbonyl (C=O) groups excluding carboxylic acids is 1. The summed E-state index contributed by atoms with van der Waals surface area (Å²) in [6, 6.07) is 7.61. The van der Waals surface area contributed by atoms with Crippen molar-refractivity contribution in [3.63, 3.8) is 0 Å². The SMILES string of the molecule is Cc1cc(-n2cccn2)ncc1-c1cc2cc(NC(=O)[C@H]3C[C@@H]3C3C=NN(C)C3)ncc2c(N)n1. The summed E-state index contributed by atoms with van der Waals surface area (Å²) >= 11 is 0. The lowest BCUT2D eigenvalue weighted by Gasteiger charge is -2.12. The smallest absolute Gasteiger partial charge is 0.228 e. The number of hydrazone groups is 1. The van der Waals surface area contributed by atoms with Gasteiger partial charge in [0.1, 0.15) is 11.6 Å². The summed E-state index contributed by atoms with van der Waals surface area (Å²) in [7, 11) is 1.95. The predicted molar refractivity (Wildman–Crippen MR) is 134 cm³/mol. The van der Waals surface area contributed by atoms with Gasteiger partial charge in [-0.3, -0.25) is 9.80 Å². The highest BCUT2D eigenvalue weighted by molar-refractivity contribution is 5.98. The zero-order chi connectivity index (χ0) is 24.1. The van der Waals surface area contributed by atoms with Crippen molar-refractivity contribution in [2.24, 2.45) is 22.9 Å². The molecule has 1 amide bonds. The molecule has 4 aromatic rings. The van der Waals surface area contributed by atoms with E-state index in [1.807, 2.05) is 55.7 Å². The molecule has 6 rings (SSSR count). The lowest BCUT2D eigenvalue weighted by Crippen LogP contribution is -2.20. The lowest BCUT2D eigenvalue weighted by atomic mass is 10.0. The number of carbonyl (C=O) groups is 1. The van der Waals surface area contributed by atoms with E-state index in [1.165, 1.54) is 0 Å². The van der Waals surface area contributed by atoms with Gasteiger partial charge in [-0.1, -0.05) is 0 Å². The Kier molecular flexibility index (Phi) is 4.94. The van der Waals surface area contributed by atoms with Crippen molar-refractivity contribution in [2.75, 3.05) is 24.6 Å². The third kappa shape index (κ3) is 3.96. The molecule has 0 spiro atoms. The number of rotatable bonds is 5. The van der Waals surface area contributed by atoms with E-state index in [2.05, 4.69) is 30.5 Å². The molecule has 1 aliphatic carbocycles. The minimum atomic E-state index is -0.00413. The van der Waals surface area contributed by atoms with Crippen LogP contribution < -0.4 is 11.1 Å². The van der Waals surface area contributed by atoms with E-state index in [0.29, 0.717) is 29.2 Å². The van der Waals surface area contributed by atoms with E-state index in [-0.39, 0.29) is 11.8 Å². The Morgan fingerprint density at radius 1 is 1.20 bits per heavy atom. The minimum absolute atomic E-state index is 0.00121. The molecule has 1 fully saturated rings. The highest BCUT2D eigenvalue weighted by Crippen LogP contribution is 2.45. The number of anilines is 2. The molecule has 1 saturated carbocycles. The van der Waals surface area contributed by atoms with Crippen molar-refractivity contribution in [3.05, 3.63) is 54.6 Å². The summed E-state index contributed by atoms with van der Waals surface area (Å²) in [5, 5.41) is 15.0. The molecule has 2 aliphatic rings. The molecule has 10 nitrogen and oxygen atoms in total. The number of amides is 1. The van der Waals surface area contributed by atoms with Crippen molar-refractivity contribution >= 4 is 34.5 Å². The molecule has 4 aromatic heterocycles. The van der Waals surface area contributed by atoms with Gasteiger partial charge in [0.25, 0.3) is 0 Å². The minimum Gasteiger partial charge on any atom is -0.383 e. The Morgan fingerprint density at radius 3 is 2.83 bits per heavy atom. The van der Waals surface area contributed by atoms with Gasteiger partial charge in [-0.2, -0.15) is 10.2 Å². The van der Waals surface area contributed by atoms with Gasteiger partial charge in [0.05, 0.1) is 5.69 Å². The maximum Gasteiger partial charge on any atom is 0.228 e. The van der Waals surface area contributed by atoms with Crippen molar-refractivity contribution in [1.29, 1.82) is 0 Å². The average Bonchev–Trinajstić information content (AvgIpc) is 3.22. The van der Waals surface area contributed by atoms with E-state index in [9.17, 15) is 4.79 Å². The van der Waals surface area contributed by atoms with Crippen LogP contribution in [0.4, 0.5) is 11.6 Å². The molecule has 0 bridgehead atoms. The number of aryl methyl sites for hydroxylation is 1. The van der Waals surface area contributed by atoms with Gasteiger partial charge in [0.15, 0.2) is 5.82 Å². The Labute approximate surface area is 201 Å². The molecular formula is C25H25N9O. The van der Waals surface area contributed by atoms with Crippen LogP contribution in [0.3, 0.4) is 0 Å². The Morgan fingerprint density at radius 2 is 2.09 bits per heavy atom. The van der Waals surface area contributed by atoms with Crippen molar-refractivity contribution in [1.82, 2.24) is 29.7 Å². The number of nitrogens with two attached hydrogens (primary N) is 1. The maximum atomic E-state index is 12.8. The predicted octanol–water partition coefficient (Wildman–Crippen LogP) is 2.89. The molecule has 1 aliphatic heterocycles. The molecule has 0 saturated heterocycles. The first-order valence-electron chi connectivity index (χ1n) is 11.6. The summed E-state index contributed by atoms with van der Waals surface area (Å²) in [6.07, 6.45) is 9.84. The zero-order valence-electron chi connectivity index (χ0n) is 19.5. The first-order valence-corrected chi connectivity index (χ1v) is 11.6. The first kappa shape index (κ1) is 21.2. The topological polar surface area (TPSA) is 127 Å². The van der Waals surface area contributed by atoms with Gasteiger partial charge in [-0.25, -0.2) is 19.6 Å². The molecule has 3 N–H and O–H groups in total. The third-order valence-corrected chi connectivity index (χ3v) is 6.76. The largest absolute Gasteiger partial charge is 0.383 e. The van der Waals surface area contributed by atoms with Gasteiger partial charge in [0, 0.05) is 67.4 Å². The van der Waals surface area contributed by atoms with Crippen LogP contribution in [-0.2, 0) is 4.79 Å². The number of hydrogen-bond acceptors (Lipinski definition) is 8. The van der Waals surface area contributed by atoms with Crippen molar-refractivity contribution in [3.8, 4) is 17.1 Å². The van der Waals surface area contributed by atoms with Crippen molar-refractivity contribution in [2.45, 2.75) is 13.3 Å². The van der Waals surface area contributed by atoms with Crippen LogP contribution in [0, 0.1) is 24.7 Å². The molecular weight excluding hydrogens is 442 g/mol. The molecule has 10 heteroatoms. The lowest BCUT2D eigenvalue weighted by molar-refractivity contribution is -0.117. The van der Waals surface area contributed by atoms with Gasteiger partial charge >= 0.3 is 0 Å². The van der Waals surface area contributed by atoms with E-state index in [4.69, 9.17) is 5.73 Å². The fourth-order valence-corrected chi connectivity index (χ4v) is 4.77. The van der Waals surface area contributed by atoms with Gasteiger partial charge < -0.3 is 11.1 Å². The zero-order valence-corrected chi connectivity index (χ0v) is 19.5. The molecule has 3 atom stereocenters. The van der Waals surface area contributed by atoms with Crippen LogP contribution in [-0.4, -0.2) is 55.5 Å². The molecule has 0 aromatic carbocycles. The molecule has 0 radical (unpaired) electrons. The monoisotopic (exact) mass is 467 g/mol. The fourth-order valence-electron chi connectivity index (χ4n) is 4.77. The van der Waals surface area contributed by atoms with E-state index in [1.54, 1.807) is 23.3 Å². The Hall–Kier alpha value is -4.34. The number of nitrogens with zero attached hydrogens (tertiary/aromatic N) is 7.